The van der Waals surface area contributed by atoms with Gasteiger partial charge in [0.2, 0.25) is 0 Å². The maximum atomic E-state index is 5.86. The largest absolute Gasteiger partial charge is 0.381 e. The zero-order valence-electron chi connectivity index (χ0n) is 9.63. The first-order chi connectivity index (χ1) is 7.45. The normalized spacial score (nSPS) is 25.6. The molecule has 2 heterocycles. The Morgan fingerprint density at radius 2 is 1.13 bits per heavy atom. The zero-order chi connectivity index (χ0) is 10.3. The van der Waals surface area contributed by atoms with Crippen LogP contribution in [0.5, 0.6) is 0 Å². The minimum Gasteiger partial charge on any atom is -0.381 e. The van der Waals surface area contributed by atoms with Crippen molar-refractivity contribution in [3.8, 4) is 0 Å². The van der Waals surface area contributed by atoms with Gasteiger partial charge in [-0.05, 0) is 63.7 Å². The summed E-state index contributed by atoms with van der Waals surface area (Å²) in [5.41, 5.74) is 0. The van der Waals surface area contributed by atoms with Crippen molar-refractivity contribution in [2.45, 2.75) is 25.7 Å². The summed E-state index contributed by atoms with van der Waals surface area (Å²) in [6, 6.07) is 0. The molecular formula is C12H24N2O. The van der Waals surface area contributed by atoms with Crippen molar-refractivity contribution < 1.29 is 4.74 Å². The van der Waals surface area contributed by atoms with Crippen LogP contribution in [0.3, 0.4) is 0 Å². The highest BCUT2D eigenvalue weighted by atomic mass is 16.5. The van der Waals surface area contributed by atoms with E-state index in [1.807, 2.05) is 0 Å². The maximum absolute atomic E-state index is 5.86. The molecule has 2 N–H and O–H groups in total. The molecule has 3 heteroatoms. The third kappa shape index (κ3) is 4.09. The van der Waals surface area contributed by atoms with Crippen LogP contribution in [0.25, 0.3) is 0 Å². The van der Waals surface area contributed by atoms with Gasteiger partial charge in [0.25, 0.3) is 0 Å². The van der Waals surface area contributed by atoms with Gasteiger partial charge < -0.3 is 15.4 Å². The third-order valence-corrected chi connectivity index (χ3v) is 3.62. The molecule has 2 saturated heterocycles. The lowest BCUT2D eigenvalue weighted by molar-refractivity contribution is 0.0545. The number of hydrogen-bond donors (Lipinski definition) is 2. The van der Waals surface area contributed by atoms with Crippen LogP contribution in [-0.2, 0) is 4.74 Å². The Balaban J connectivity index is 1.53. The second kappa shape index (κ2) is 6.46. The summed E-state index contributed by atoms with van der Waals surface area (Å²) in [5.74, 6) is 1.63. The summed E-state index contributed by atoms with van der Waals surface area (Å²) in [4.78, 5) is 0. The molecule has 0 saturated carbocycles. The van der Waals surface area contributed by atoms with Gasteiger partial charge in [0.05, 0.1) is 0 Å². The second-order valence-electron chi connectivity index (χ2n) is 4.92. The Labute approximate surface area is 93.0 Å². The number of hydrogen-bond acceptors (Lipinski definition) is 3. The van der Waals surface area contributed by atoms with Gasteiger partial charge in [-0.1, -0.05) is 0 Å². The summed E-state index contributed by atoms with van der Waals surface area (Å²) in [6.07, 6.45) is 5.19. The Hall–Kier alpha value is -0.120. The average Bonchev–Trinajstić information content (AvgIpc) is 2.32. The lowest BCUT2D eigenvalue weighted by atomic mass is 9.98. The maximum Gasteiger partial charge on any atom is 0.0495 e. The minimum absolute atomic E-state index is 0.813. The van der Waals surface area contributed by atoms with Crippen molar-refractivity contribution in [1.29, 1.82) is 0 Å². The summed E-state index contributed by atoms with van der Waals surface area (Å²) in [6.45, 7) is 6.71. The van der Waals surface area contributed by atoms with Crippen LogP contribution < -0.4 is 10.6 Å². The summed E-state index contributed by atoms with van der Waals surface area (Å²) >= 11 is 0. The first-order valence-electron chi connectivity index (χ1n) is 6.44. The lowest BCUT2D eigenvalue weighted by Crippen LogP contribution is -2.32. The van der Waals surface area contributed by atoms with Crippen LogP contribution in [0.15, 0.2) is 0 Å². The molecule has 0 aliphatic carbocycles. The molecular weight excluding hydrogens is 188 g/mol. The van der Waals surface area contributed by atoms with E-state index in [-0.39, 0.29) is 0 Å². The molecule has 0 aromatic carbocycles. The summed E-state index contributed by atoms with van der Waals surface area (Å²) in [7, 11) is 0. The molecule has 3 nitrogen and oxygen atoms in total. The highest BCUT2D eigenvalue weighted by Crippen LogP contribution is 2.15. The van der Waals surface area contributed by atoms with Gasteiger partial charge in [0, 0.05) is 13.2 Å². The van der Waals surface area contributed by atoms with Crippen molar-refractivity contribution in [3.63, 3.8) is 0 Å². The van der Waals surface area contributed by atoms with Crippen LogP contribution in [0.4, 0.5) is 0 Å². The summed E-state index contributed by atoms with van der Waals surface area (Å²) < 4.78 is 5.86. The molecule has 88 valence electrons. The van der Waals surface area contributed by atoms with Crippen molar-refractivity contribution >= 4 is 0 Å². The molecule has 2 rings (SSSR count). The average molecular weight is 212 g/mol. The zero-order valence-corrected chi connectivity index (χ0v) is 9.63. The van der Waals surface area contributed by atoms with E-state index in [0.29, 0.717) is 0 Å². The Bertz CT molecular complexity index is 145. The third-order valence-electron chi connectivity index (χ3n) is 3.62. The van der Waals surface area contributed by atoms with E-state index in [4.69, 9.17) is 4.74 Å². The lowest BCUT2D eigenvalue weighted by Gasteiger charge is -2.25. The van der Waals surface area contributed by atoms with Gasteiger partial charge in [-0.2, -0.15) is 0 Å². The Morgan fingerprint density at radius 1 is 0.733 bits per heavy atom. The molecule has 0 aromatic heterocycles. The SMILES string of the molecule is C1CC(COCC2CCNCC2)CCN1. The number of nitrogens with one attached hydrogen (secondary N) is 2. The van der Waals surface area contributed by atoms with Crippen molar-refractivity contribution in [3.05, 3.63) is 0 Å². The molecule has 0 unspecified atom stereocenters. The van der Waals surface area contributed by atoms with Gasteiger partial charge in [-0.25, -0.2) is 0 Å². The Kier molecular flexibility index (Phi) is 4.90. The smallest absolute Gasteiger partial charge is 0.0495 e. The molecule has 0 bridgehead atoms. The van der Waals surface area contributed by atoms with Crippen molar-refractivity contribution in [2.24, 2.45) is 11.8 Å². The molecule has 0 aromatic rings. The molecule has 2 fully saturated rings. The fourth-order valence-corrected chi connectivity index (χ4v) is 2.50. The number of rotatable bonds is 4. The van der Waals surface area contributed by atoms with Crippen molar-refractivity contribution in [1.82, 2.24) is 10.6 Å². The molecule has 0 atom stereocenters. The van der Waals surface area contributed by atoms with E-state index in [1.54, 1.807) is 0 Å². The van der Waals surface area contributed by atoms with Crippen LogP contribution in [0.2, 0.25) is 0 Å². The first kappa shape index (κ1) is 11.4. The van der Waals surface area contributed by atoms with Crippen LogP contribution in [0.1, 0.15) is 25.7 Å². The molecule has 0 radical (unpaired) electrons. The van der Waals surface area contributed by atoms with E-state index < -0.39 is 0 Å². The van der Waals surface area contributed by atoms with E-state index >= 15 is 0 Å². The first-order valence-corrected chi connectivity index (χ1v) is 6.44. The van der Waals surface area contributed by atoms with Gasteiger partial charge in [-0.3, -0.25) is 0 Å². The second-order valence-corrected chi connectivity index (χ2v) is 4.92. The number of ether oxygens (including phenoxy) is 1. The predicted octanol–water partition coefficient (Wildman–Crippen LogP) is 1.00. The molecule has 2 aliphatic heterocycles. The molecule has 2 aliphatic rings. The highest BCUT2D eigenvalue weighted by Gasteiger charge is 2.16. The van der Waals surface area contributed by atoms with Crippen LogP contribution in [-0.4, -0.2) is 39.4 Å². The summed E-state index contributed by atoms with van der Waals surface area (Å²) in [5, 5.41) is 6.78. The van der Waals surface area contributed by atoms with E-state index in [9.17, 15) is 0 Å². The van der Waals surface area contributed by atoms with E-state index in [2.05, 4.69) is 10.6 Å². The predicted molar refractivity (Wildman–Crippen MR) is 62.0 cm³/mol. The van der Waals surface area contributed by atoms with Crippen molar-refractivity contribution in [2.75, 3.05) is 39.4 Å². The topological polar surface area (TPSA) is 33.3 Å². The van der Waals surface area contributed by atoms with Gasteiger partial charge in [0.1, 0.15) is 0 Å². The number of piperidine rings is 2. The molecule has 15 heavy (non-hydrogen) atoms. The fraction of sp³-hybridized carbons (Fsp3) is 1.00. The standard InChI is InChI=1S/C12H24N2O/c1-5-13-6-2-11(1)9-15-10-12-3-7-14-8-4-12/h11-14H,1-10H2. The van der Waals surface area contributed by atoms with Gasteiger partial charge >= 0.3 is 0 Å². The quantitative estimate of drug-likeness (QED) is 0.729. The van der Waals surface area contributed by atoms with Gasteiger partial charge in [-0.15, -0.1) is 0 Å². The van der Waals surface area contributed by atoms with Crippen LogP contribution >= 0.6 is 0 Å². The molecule has 0 spiro atoms. The highest BCUT2D eigenvalue weighted by molar-refractivity contribution is 4.70. The molecule has 0 amide bonds. The Morgan fingerprint density at radius 3 is 1.53 bits per heavy atom. The van der Waals surface area contributed by atoms with E-state index in [1.165, 1.54) is 51.9 Å². The minimum atomic E-state index is 0.813. The fourth-order valence-electron chi connectivity index (χ4n) is 2.50. The van der Waals surface area contributed by atoms with Crippen LogP contribution in [0, 0.1) is 11.8 Å². The van der Waals surface area contributed by atoms with Gasteiger partial charge in [0.15, 0.2) is 0 Å². The monoisotopic (exact) mass is 212 g/mol. The van der Waals surface area contributed by atoms with E-state index in [0.717, 1.165) is 25.0 Å².